The molecule has 0 aromatic carbocycles. The summed E-state index contributed by atoms with van der Waals surface area (Å²) in [7, 11) is 0. The summed E-state index contributed by atoms with van der Waals surface area (Å²) >= 11 is 0. The predicted octanol–water partition coefficient (Wildman–Crippen LogP) is 2.96. The lowest BCUT2D eigenvalue weighted by Gasteiger charge is -2.11. The maximum Gasteiger partial charge on any atom is 0.522 e. The molecule has 0 radical (unpaired) electrons. The Morgan fingerprint density at radius 1 is 1.36 bits per heavy atom. The molecule has 0 aliphatic heterocycles. The lowest BCUT2D eigenvalue weighted by Crippen LogP contribution is -2.18. The lowest BCUT2D eigenvalue weighted by molar-refractivity contribution is -0.328. The minimum Gasteiger partial charge on any atom is -0.292 e. The Bertz CT molecular complexity index is 100. The van der Waals surface area contributed by atoms with E-state index in [0.717, 1.165) is 12.8 Å². The van der Waals surface area contributed by atoms with E-state index in [-0.39, 0.29) is 12.5 Å². The molecule has 0 heterocycles. The summed E-state index contributed by atoms with van der Waals surface area (Å²) in [6.45, 7) is 3.46. The fourth-order valence-electron chi connectivity index (χ4n) is 0.813. The monoisotopic (exact) mass is 170 g/mol. The van der Waals surface area contributed by atoms with Gasteiger partial charge in [0.25, 0.3) is 0 Å². The van der Waals surface area contributed by atoms with Crippen molar-refractivity contribution >= 4 is 0 Å². The Morgan fingerprint density at radius 3 is 2.27 bits per heavy atom. The van der Waals surface area contributed by atoms with Gasteiger partial charge >= 0.3 is 6.36 Å². The highest BCUT2D eigenvalue weighted by atomic mass is 19.4. The van der Waals surface area contributed by atoms with Crippen LogP contribution in [0.25, 0.3) is 0 Å². The number of halogens is 3. The van der Waals surface area contributed by atoms with Crippen LogP contribution in [0.4, 0.5) is 13.2 Å². The van der Waals surface area contributed by atoms with Crippen molar-refractivity contribution in [1.82, 2.24) is 0 Å². The molecule has 0 saturated heterocycles. The predicted molar refractivity (Wildman–Crippen MR) is 36.1 cm³/mol. The summed E-state index contributed by atoms with van der Waals surface area (Å²) in [5.41, 5.74) is 0. The van der Waals surface area contributed by atoms with Crippen LogP contribution in [0.15, 0.2) is 0 Å². The van der Waals surface area contributed by atoms with E-state index in [1.807, 2.05) is 6.92 Å². The third-order valence-corrected chi connectivity index (χ3v) is 1.31. The van der Waals surface area contributed by atoms with Crippen molar-refractivity contribution in [2.75, 3.05) is 6.61 Å². The van der Waals surface area contributed by atoms with Crippen LogP contribution in [0.2, 0.25) is 0 Å². The first-order valence-corrected chi connectivity index (χ1v) is 3.66. The van der Waals surface area contributed by atoms with Gasteiger partial charge < -0.3 is 0 Å². The Kier molecular flexibility index (Phi) is 4.49. The van der Waals surface area contributed by atoms with Crippen molar-refractivity contribution in [3.8, 4) is 0 Å². The Labute approximate surface area is 64.5 Å². The molecule has 0 aliphatic carbocycles. The van der Waals surface area contributed by atoms with E-state index in [1.54, 1.807) is 6.92 Å². The van der Waals surface area contributed by atoms with Gasteiger partial charge in [-0.3, -0.25) is 4.74 Å². The number of hydrogen-bond acceptors (Lipinski definition) is 1. The van der Waals surface area contributed by atoms with Gasteiger partial charge in [0, 0.05) is 0 Å². The number of alkyl halides is 3. The minimum atomic E-state index is -4.47. The second-order valence-corrected chi connectivity index (χ2v) is 2.65. The van der Waals surface area contributed by atoms with E-state index in [9.17, 15) is 13.2 Å². The molecule has 0 saturated carbocycles. The van der Waals surface area contributed by atoms with Crippen molar-refractivity contribution in [2.24, 2.45) is 5.92 Å². The summed E-state index contributed by atoms with van der Waals surface area (Å²) in [5, 5.41) is 0. The maximum atomic E-state index is 11.4. The average molecular weight is 170 g/mol. The highest BCUT2D eigenvalue weighted by Crippen LogP contribution is 2.18. The lowest BCUT2D eigenvalue weighted by atomic mass is 10.1. The third-order valence-electron chi connectivity index (χ3n) is 1.31. The molecule has 0 N–H and O–H groups in total. The van der Waals surface area contributed by atoms with Crippen molar-refractivity contribution in [2.45, 2.75) is 33.1 Å². The molecule has 0 aromatic rings. The molecule has 68 valence electrons. The fourth-order valence-corrected chi connectivity index (χ4v) is 0.813. The highest BCUT2D eigenvalue weighted by Gasteiger charge is 2.29. The quantitative estimate of drug-likeness (QED) is 0.630. The van der Waals surface area contributed by atoms with E-state index in [4.69, 9.17) is 0 Å². The second kappa shape index (κ2) is 4.59. The maximum absolute atomic E-state index is 11.4. The smallest absolute Gasteiger partial charge is 0.292 e. The zero-order valence-corrected chi connectivity index (χ0v) is 6.74. The van der Waals surface area contributed by atoms with Gasteiger partial charge in [0.15, 0.2) is 0 Å². The van der Waals surface area contributed by atoms with Gasteiger partial charge in [0.2, 0.25) is 0 Å². The SMILES string of the molecule is CCCC(C)COC(F)(F)F. The van der Waals surface area contributed by atoms with Crippen molar-refractivity contribution in [3.05, 3.63) is 0 Å². The van der Waals surface area contributed by atoms with Crippen molar-refractivity contribution in [1.29, 1.82) is 0 Å². The molecule has 1 atom stereocenters. The zero-order valence-electron chi connectivity index (χ0n) is 6.74. The molecule has 0 aliphatic rings. The van der Waals surface area contributed by atoms with Crippen LogP contribution in [0.5, 0.6) is 0 Å². The topological polar surface area (TPSA) is 9.23 Å². The van der Waals surface area contributed by atoms with E-state index in [2.05, 4.69) is 4.74 Å². The van der Waals surface area contributed by atoms with Crippen LogP contribution in [-0.4, -0.2) is 13.0 Å². The normalized spacial score (nSPS) is 15.0. The van der Waals surface area contributed by atoms with E-state index in [1.165, 1.54) is 0 Å². The Morgan fingerprint density at radius 2 is 1.91 bits per heavy atom. The second-order valence-electron chi connectivity index (χ2n) is 2.65. The van der Waals surface area contributed by atoms with Crippen LogP contribution >= 0.6 is 0 Å². The Hall–Kier alpha value is -0.250. The van der Waals surface area contributed by atoms with E-state index < -0.39 is 6.36 Å². The van der Waals surface area contributed by atoms with Gasteiger partial charge in [-0.05, 0) is 12.3 Å². The number of hydrogen-bond donors (Lipinski definition) is 0. The average Bonchev–Trinajstić information content (AvgIpc) is 1.83. The molecule has 1 unspecified atom stereocenters. The van der Waals surface area contributed by atoms with Crippen LogP contribution in [0.3, 0.4) is 0 Å². The van der Waals surface area contributed by atoms with Gasteiger partial charge in [-0.25, -0.2) is 0 Å². The molecule has 0 spiro atoms. The largest absolute Gasteiger partial charge is 0.522 e. The molecular weight excluding hydrogens is 157 g/mol. The molecule has 4 heteroatoms. The third kappa shape index (κ3) is 7.65. The highest BCUT2D eigenvalue weighted by molar-refractivity contribution is 4.49. The van der Waals surface area contributed by atoms with E-state index >= 15 is 0 Å². The van der Waals surface area contributed by atoms with E-state index in [0.29, 0.717) is 0 Å². The van der Waals surface area contributed by atoms with Gasteiger partial charge in [0.05, 0.1) is 6.61 Å². The molecule has 0 fully saturated rings. The molecule has 11 heavy (non-hydrogen) atoms. The number of ether oxygens (including phenoxy) is 1. The standard InChI is InChI=1S/C7H13F3O/c1-3-4-6(2)5-11-7(8,9)10/h6H,3-5H2,1-2H3. The minimum absolute atomic E-state index is 0.0124. The van der Waals surface area contributed by atoms with Gasteiger partial charge in [-0.1, -0.05) is 20.3 Å². The summed E-state index contributed by atoms with van der Waals surface area (Å²) in [5.74, 6) is -0.0124. The van der Waals surface area contributed by atoms with Crippen LogP contribution in [0.1, 0.15) is 26.7 Å². The van der Waals surface area contributed by atoms with Crippen LogP contribution in [0, 0.1) is 5.92 Å². The first kappa shape index (κ1) is 10.8. The molecular formula is C7H13F3O. The van der Waals surface area contributed by atoms with Crippen LogP contribution < -0.4 is 0 Å². The molecule has 0 amide bonds. The molecule has 0 rings (SSSR count). The van der Waals surface area contributed by atoms with Gasteiger partial charge in [-0.15, -0.1) is 13.2 Å². The fraction of sp³-hybridized carbons (Fsp3) is 1.00. The summed E-state index contributed by atoms with van der Waals surface area (Å²) in [6.07, 6.45) is -2.81. The molecule has 0 aromatic heterocycles. The van der Waals surface area contributed by atoms with Crippen LogP contribution in [-0.2, 0) is 4.74 Å². The van der Waals surface area contributed by atoms with Crippen molar-refractivity contribution in [3.63, 3.8) is 0 Å². The summed E-state index contributed by atoms with van der Waals surface area (Å²) in [6, 6.07) is 0. The molecule has 0 bridgehead atoms. The first-order valence-electron chi connectivity index (χ1n) is 3.66. The first-order chi connectivity index (χ1) is 4.95. The van der Waals surface area contributed by atoms with Gasteiger partial charge in [-0.2, -0.15) is 0 Å². The zero-order chi connectivity index (χ0) is 8.91. The summed E-state index contributed by atoms with van der Waals surface area (Å²) in [4.78, 5) is 0. The van der Waals surface area contributed by atoms with Crippen molar-refractivity contribution < 1.29 is 17.9 Å². The number of rotatable bonds is 4. The summed E-state index contributed by atoms with van der Waals surface area (Å²) < 4.78 is 37.9. The molecule has 1 nitrogen and oxygen atoms in total. The Balaban J connectivity index is 3.38. The van der Waals surface area contributed by atoms with Gasteiger partial charge in [0.1, 0.15) is 0 Å².